The lowest BCUT2D eigenvalue weighted by atomic mass is 10.5. The van der Waals surface area contributed by atoms with Crippen molar-refractivity contribution >= 4 is 11.8 Å². The van der Waals surface area contributed by atoms with Crippen molar-refractivity contribution in [1.82, 2.24) is 9.97 Å². The zero-order valence-electron chi connectivity index (χ0n) is 7.68. The van der Waals surface area contributed by atoms with Gasteiger partial charge in [-0.05, 0) is 0 Å². The van der Waals surface area contributed by atoms with Crippen LogP contribution in [-0.4, -0.2) is 30.3 Å². The molecule has 0 aliphatic rings. The van der Waals surface area contributed by atoms with Crippen LogP contribution in [0.25, 0.3) is 0 Å². The van der Waals surface area contributed by atoms with Gasteiger partial charge in [0.15, 0.2) is 5.69 Å². The maximum atomic E-state index is 11.2. The van der Waals surface area contributed by atoms with E-state index in [1.54, 1.807) is 0 Å². The number of hydrogen-bond acceptors (Lipinski definition) is 5. The summed E-state index contributed by atoms with van der Waals surface area (Å²) >= 11 is 0. The Kier molecular flexibility index (Phi) is 3.19. The quantitative estimate of drug-likeness (QED) is 0.672. The molecule has 1 heterocycles. The van der Waals surface area contributed by atoms with Crippen molar-refractivity contribution in [1.29, 1.82) is 0 Å². The predicted molar refractivity (Wildman–Crippen MR) is 46.8 cm³/mol. The third-order valence-corrected chi connectivity index (χ3v) is 1.44. The molecule has 1 N–H and O–H groups in total. The molecule has 76 valence electrons. The summed E-state index contributed by atoms with van der Waals surface area (Å²) in [5.74, 6) is 0. The van der Waals surface area contributed by atoms with E-state index in [2.05, 4.69) is 19.5 Å². The lowest BCUT2D eigenvalue weighted by molar-refractivity contribution is 0.115. The molecule has 0 bridgehead atoms. The number of carbonyl (C=O) groups excluding carboxylic acids is 1. The lowest BCUT2D eigenvalue weighted by Gasteiger charge is -2.15. The van der Waals surface area contributed by atoms with E-state index in [0.717, 1.165) is 0 Å². The molecule has 0 aliphatic carbocycles. The van der Waals surface area contributed by atoms with Crippen LogP contribution >= 0.6 is 0 Å². The van der Waals surface area contributed by atoms with Crippen LogP contribution in [0.15, 0.2) is 17.3 Å². The van der Waals surface area contributed by atoms with Gasteiger partial charge in [0.1, 0.15) is 0 Å². The van der Waals surface area contributed by atoms with Crippen molar-refractivity contribution in [3.05, 3.63) is 22.9 Å². The monoisotopic (exact) mass is 199 g/mol. The van der Waals surface area contributed by atoms with E-state index in [9.17, 15) is 9.59 Å². The maximum absolute atomic E-state index is 11.2. The highest BCUT2D eigenvalue weighted by molar-refractivity contribution is 5.84. The Morgan fingerprint density at radius 1 is 1.57 bits per heavy atom. The van der Waals surface area contributed by atoms with Crippen molar-refractivity contribution in [3.63, 3.8) is 0 Å². The number of H-pyrrole nitrogens is 1. The molecular formula is C7H9N3O4. The molecule has 0 atom stereocenters. The minimum absolute atomic E-state index is 0.0400. The SMILES string of the molecule is COC(=O)N(OC)c1cnc[nH]c1=O. The molecule has 0 saturated carbocycles. The number of hydrogen-bond donors (Lipinski definition) is 1. The predicted octanol–water partition coefficient (Wildman–Crippen LogP) is -0.0959. The first-order valence-electron chi connectivity index (χ1n) is 3.65. The van der Waals surface area contributed by atoms with Crippen molar-refractivity contribution in [2.24, 2.45) is 0 Å². The topological polar surface area (TPSA) is 84.5 Å². The minimum atomic E-state index is -0.800. The molecule has 0 radical (unpaired) electrons. The summed E-state index contributed by atoms with van der Waals surface area (Å²) < 4.78 is 4.39. The van der Waals surface area contributed by atoms with Crippen LogP contribution in [0.2, 0.25) is 0 Å². The molecule has 0 fully saturated rings. The van der Waals surface area contributed by atoms with Crippen molar-refractivity contribution in [3.8, 4) is 0 Å². The van der Waals surface area contributed by atoms with Gasteiger partial charge in [-0.2, -0.15) is 0 Å². The van der Waals surface area contributed by atoms with Crippen LogP contribution in [0.5, 0.6) is 0 Å². The van der Waals surface area contributed by atoms with Crippen LogP contribution in [0.4, 0.5) is 10.5 Å². The molecule has 1 aromatic heterocycles. The fourth-order valence-electron chi connectivity index (χ4n) is 0.835. The molecule has 7 nitrogen and oxygen atoms in total. The summed E-state index contributed by atoms with van der Waals surface area (Å²) in [6.45, 7) is 0. The minimum Gasteiger partial charge on any atom is -0.451 e. The molecule has 7 heteroatoms. The summed E-state index contributed by atoms with van der Waals surface area (Å²) in [5, 5.41) is 0.700. The smallest absolute Gasteiger partial charge is 0.438 e. The summed E-state index contributed by atoms with van der Waals surface area (Å²) in [6, 6.07) is 0. The molecule has 1 rings (SSSR count). The summed E-state index contributed by atoms with van der Waals surface area (Å²) in [7, 11) is 2.42. The Morgan fingerprint density at radius 2 is 2.29 bits per heavy atom. The van der Waals surface area contributed by atoms with Gasteiger partial charge in [-0.1, -0.05) is 0 Å². The third-order valence-electron chi connectivity index (χ3n) is 1.44. The number of carbonyl (C=O) groups is 1. The number of methoxy groups -OCH3 is 1. The van der Waals surface area contributed by atoms with Crippen LogP contribution in [0.3, 0.4) is 0 Å². The Bertz CT molecular complexity index is 375. The Labute approximate surface area is 79.2 Å². The van der Waals surface area contributed by atoms with E-state index in [4.69, 9.17) is 0 Å². The van der Waals surface area contributed by atoms with Gasteiger partial charge in [-0.3, -0.25) is 9.63 Å². The molecule has 0 saturated heterocycles. The molecule has 14 heavy (non-hydrogen) atoms. The number of nitrogens with zero attached hydrogens (tertiary/aromatic N) is 2. The number of aromatic amines is 1. The van der Waals surface area contributed by atoms with Crippen LogP contribution < -0.4 is 10.6 Å². The summed E-state index contributed by atoms with van der Waals surface area (Å²) in [5.41, 5.74) is -0.533. The molecule has 0 aliphatic heterocycles. The standard InChI is InChI=1S/C7H9N3O4/c1-13-7(12)10(14-2)5-3-8-4-9-6(5)11/h3-4H,1-2H3,(H,8,9,11). The van der Waals surface area contributed by atoms with E-state index in [1.807, 2.05) is 0 Å². The number of ether oxygens (including phenoxy) is 1. The second kappa shape index (κ2) is 4.38. The number of hydroxylamine groups is 1. The fourth-order valence-corrected chi connectivity index (χ4v) is 0.835. The number of rotatable bonds is 2. The van der Waals surface area contributed by atoms with Gasteiger partial charge < -0.3 is 9.72 Å². The highest BCUT2D eigenvalue weighted by Gasteiger charge is 2.18. The largest absolute Gasteiger partial charge is 0.451 e. The average molecular weight is 199 g/mol. The highest BCUT2D eigenvalue weighted by atomic mass is 16.7. The summed E-state index contributed by atoms with van der Waals surface area (Å²) in [4.78, 5) is 32.9. The van der Waals surface area contributed by atoms with E-state index < -0.39 is 11.7 Å². The van der Waals surface area contributed by atoms with E-state index in [-0.39, 0.29) is 5.69 Å². The van der Waals surface area contributed by atoms with Crippen molar-refractivity contribution in [2.75, 3.05) is 19.3 Å². The fraction of sp³-hybridized carbons (Fsp3) is 0.286. The van der Waals surface area contributed by atoms with Gasteiger partial charge in [-0.25, -0.2) is 9.78 Å². The second-order valence-corrected chi connectivity index (χ2v) is 2.21. The van der Waals surface area contributed by atoms with Crippen LogP contribution in [0, 0.1) is 0 Å². The zero-order valence-corrected chi connectivity index (χ0v) is 7.68. The van der Waals surface area contributed by atoms with Gasteiger partial charge in [-0.15, -0.1) is 5.06 Å². The van der Waals surface area contributed by atoms with Gasteiger partial charge in [0.25, 0.3) is 5.56 Å². The van der Waals surface area contributed by atoms with Gasteiger partial charge in [0.05, 0.1) is 26.7 Å². The van der Waals surface area contributed by atoms with E-state index >= 15 is 0 Å². The van der Waals surface area contributed by atoms with Crippen molar-refractivity contribution in [2.45, 2.75) is 0 Å². The van der Waals surface area contributed by atoms with Gasteiger partial charge >= 0.3 is 6.09 Å². The lowest BCUT2D eigenvalue weighted by Crippen LogP contribution is -2.34. The molecule has 0 unspecified atom stereocenters. The Balaban J connectivity index is 3.07. The summed E-state index contributed by atoms with van der Waals surface area (Å²) in [6.07, 6.45) is 1.60. The molecule has 1 aromatic rings. The number of anilines is 1. The molecule has 1 amide bonds. The van der Waals surface area contributed by atoms with Crippen molar-refractivity contribution < 1.29 is 14.4 Å². The number of amides is 1. The zero-order chi connectivity index (χ0) is 10.6. The normalized spacial score (nSPS) is 9.57. The molecule has 0 spiro atoms. The third kappa shape index (κ3) is 1.88. The van der Waals surface area contributed by atoms with E-state index in [1.165, 1.54) is 26.7 Å². The first-order valence-corrected chi connectivity index (χ1v) is 3.65. The average Bonchev–Trinajstić information content (AvgIpc) is 2.21. The Hall–Kier alpha value is -1.89. The van der Waals surface area contributed by atoms with Crippen LogP contribution in [0.1, 0.15) is 0 Å². The molecular weight excluding hydrogens is 190 g/mol. The number of aromatic nitrogens is 2. The highest BCUT2D eigenvalue weighted by Crippen LogP contribution is 2.06. The first kappa shape index (κ1) is 10.2. The number of nitrogens with one attached hydrogen (secondary N) is 1. The molecule has 0 aromatic carbocycles. The Morgan fingerprint density at radius 3 is 2.79 bits per heavy atom. The second-order valence-electron chi connectivity index (χ2n) is 2.21. The maximum Gasteiger partial charge on any atom is 0.438 e. The van der Waals surface area contributed by atoms with Gasteiger partial charge in [0, 0.05) is 0 Å². The van der Waals surface area contributed by atoms with Crippen LogP contribution in [-0.2, 0) is 9.57 Å². The van der Waals surface area contributed by atoms with Gasteiger partial charge in [0.2, 0.25) is 0 Å². The van der Waals surface area contributed by atoms with E-state index in [0.29, 0.717) is 5.06 Å². The first-order chi connectivity index (χ1) is 6.70.